The van der Waals surface area contributed by atoms with Crippen LogP contribution in [0.25, 0.3) is 5.69 Å². The molecule has 24 heavy (non-hydrogen) atoms. The van der Waals surface area contributed by atoms with E-state index in [2.05, 4.69) is 78.6 Å². The van der Waals surface area contributed by atoms with Crippen molar-refractivity contribution in [3.05, 3.63) is 71.5 Å². The Morgan fingerprint density at radius 1 is 0.958 bits per heavy atom. The molecule has 0 amide bonds. The Morgan fingerprint density at radius 2 is 1.62 bits per heavy atom. The zero-order valence-corrected chi connectivity index (χ0v) is 14.6. The van der Waals surface area contributed by atoms with Crippen LogP contribution in [0.2, 0.25) is 0 Å². The van der Waals surface area contributed by atoms with Crippen molar-refractivity contribution >= 4 is 0 Å². The first-order valence-electron chi connectivity index (χ1n) is 8.20. The summed E-state index contributed by atoms with van der Waals surface area (Å²) in [5.74, 6) is 0.826. The van der Waals surface area contributed by atoms with E-state index >= 15 is 0 Å². The summed E-state index contributed by atoms with van der Waals surface area (Å²) in [6.07, 6.45) is 0. The maximum atomic E-state index is 4.37. The molecule has 1 heterocycles. The maximum Gasteiger partial charge on any atom is 0.178 e. The number of aromatic nitrogens is 4. The lowest BCUT2D eigenvalue weighted by Gasteiger charge is -2.30. The number of hydrogen-bond donors (Lipinski definition) is 0. The average Bonchev–Trinajstić information content (AvgIpc) is 3.05. The largest absolute Gasteiger partial charge is 0.290 e. The van der Waals surface area contributed by atoms with Crippen molar-refractivity contribution in [2.75, 3.05) is 7.05 Å². The lowest BCUT2D eigenvalue weighted by molar-refractivity contribution is 0.215. The van der Waals surface area contributed by atoms with Crippen LogP contribution in [0.4, 0.5) is 0 Å². The van der Waals surface area contributed by atoms with Crippen molar-refractivity contribution in [2.24, 2.45) is 0 Å². The second-order valence-corrected chi connectivity index (χ2v) is 6.31. The van der Waals surface area contributed by atoms with Crippen LogP contribution >= 0.6 is 0 Å². The van der Waals surface area contributed by atoms with Gasteiger partial charge in [-0.2, -0.15) is 4.68 Å². The first-order chi connectivity index (χ1) is 11.6. The molecule has 5 nitrogen and oxygen atoms in total. The Hall–Kier alpha value is -2.53. The van der Waals surface area contributed by atoms with Gasteiger partial charge in [-0.1, -0.05) is 48.5 Å². The molecular formula is C19H23N5. The number of nitrogens with zero attached hydrogens (tertiary/aromatic N) is 5. The highest BCUT2D eigenvalue weighted by molar-refractivity contribution is 5.40. The molecule has 3 aromatic rings. The summed E-state index contributed by atoms with van der Waals surface area (Å²) >= 11 is 0. The Kier molecular flexibility index (Phi) is 4.71. The summed E-state index contributed by atoms with van der Waals surface area (Å²) in [4.78, 5) is 2.29. The van der Waals surface area contributed by atoms with Gasteiger partial charge < -0.3 is 0 Å². The van der Waals surface area contributed by atoms with Crippen molar-refractivity contribution < 1.29 is 0 Å². The molecule has 0 aliphatic heterocycles. The number of para-hydroxylation sites is 1. The number of tetrazole rings is 1. The predicted octanol–water partition coefficient (Wildman–Crippen LogP) is 3.40. The molecule has 0 spiro atoms. The van der Waals surface area contributed by atoms with Crippen LogP contribution in [0.1, 0.15) is 36.8 Å². The Morgan fingerprint density at radius 3 is 2.29 bits per heavy atom. The molecule has 124 valence electrons. The number of hydrogen-bond acceptors (Lipinski definition) is 4. The Labute approximate surface area is 142 Å². The van der Waals surface area contributed by atoms with Crippen LogP contribution in [0, 0.1) is 6.92 Å². The summed E-state index contributed by atoms with van der Waals surface area (Å²) < 4.78 is 1.85. The molecule has 0 fully saturated rings. The van der Waals surface area contributed by atoms with Gasteiger partial charge in [0.2, 0.25) is 0 Å². The molecule has 1 unspecified atom stereocenters. The van der Waals surface area contributed by atoms with Crippen LogP contribution < -0.4 is 0 Å². The van der Waals surface area contributed by atoms with Gasteiger partial charge in [0.25, 0.3) is 0 Å². The lowest BCUT2D eigenvalue weighted by atomic mass is 10.0. The minimum Gasteiger partial charge on any atom is -0.290 e. The Balaban J connectivity index is 2.14. The molecule has 0 saturated carbocycles. The van der Waals surface area contributed by atoms with Crippen molar-refractivity contribution in [1.29, 1.82) is 0 Å². The van der Waals surface area contributed by atoms with Gasteiger partial charge in [-0.15, -0.1) is 5.10 Å². The summed E-state index contributed by atoms with van der Waals surface area (Å²) in [7, 11) is 2.11. The topological polar surface area (TPSA) is 46.8 Å². The van der Waals surface area contributed by atoms with E-state index in [1.165, 1.54) is 5.56 Å². The molecular weight excluding hydrogens is 298 g/mol. The number of rotatable bonds is 5. The SMILES string of the molecule is Cc1ccccc1-n1nnnc1C(c1ccccc1)N(C)C(C)C. The first-order valence-corrected chi connectivity index (χ1v) is 8.20. The third-order valence-corrected chi connectivity index (χ3v) is 4.42. The van der Waals surface area contributed by atoms with E-state index in [4.69, 9.17) is 0 Å². The summed E-state index contributed by atoms with van der Waals surface area (Å²) in [5, 5.41) is 12.6. The van der Waals surface area contributed by atoms with Gasteiger partial charge in [0.05, 0.1) is 11.7 Å². The van der Waals surface area contributed by atoms with Gasteiger partial charge in [-0.3, -0.25) is 4.90 Å². The highest BCUT2D eigenvalue weighted by Gasteiger charge is 2.27. The van der Waals surface area contributed by atoms with E-state index in [-0.39, 0.29) is 6.04 Å². The molecule has 0 aliphatic rings. The van der Waals surface area contributed by atoms with Crippen LogP contribution in [0.15, 0.2) is 54.6 Å². The molecule has 0 aliphatic carbocycles. The van der Waals surface area contributed by atoms with Crippen molar-refractivity contribution in [2.45, 2.75) is 32.9 Å². The van der Waals surface area contributed by atoms with E-state index in [1.807, 2.05) is 28.9 Å². The molecule has 5 heteroatoms. The van der Waals surface area contributed by atoms with Gasteiger partial charge in [0.15, 0.2) is 5.82 Å². The number of aryl methyl sites for hydroxylation is 1. The smallest absolute Gasteiger partial charge is 0.178 e. The van der Waals surface area contributed by atoms with Crippen LogP contribution in [0.3, 0.4) is 0 Å². The standard InChI is InChI=1S/C19H23N5/c1-14(2)23(4)18(16-11-6-5-7-12-16)19-20-21-22-24(19)17-13-9-8-10-15(17)3/h5-14,18H,1-4H3. The van der Waals surface area contributed by atoms with Gasteiger partial charge in [0, 0.05) is 6.04 Å². The minimum atomic E-state index is -0.0131. The normalized spacial score (nSPS) is 12.8. The zero-order valence-electron chi connectivity index (χ0n) is 14.6. The van der Waals surface area contributed by atoms with E-state index in [0.717, 1.165) is 17.1 Å². The summed E-state index contributed by atoms with van der Waals surface area (Å²) in [6, 6.07) is 18.9. The zero-order chi connectivity index (χ0) is 17.1. The molecule has 0 radical (unpaired) electrons. The third-order valence-electron chi connectivity index (χ3n) is 4.42. The highest BCUT2D eigenvalue weighted by Crippen LogP contribution is 2.29. The van der Waals surface area contributed by atoms with Crippen LogP contribution in [0.5, 0.6) is 0 Å². The van der Waals surface area contributed by atoms with Crippen LogP contribution in [-0.2, 0) is 0 Å². The molecule has 1 aromatic heterocycles. The monoisotopic (exact) mass is 321 g/mol. The second-order valence-electron chi connectivity index (χ2n) is 6.31. The molecule has 0 N–H and O–H groups in total. The average molecular weight is 321 g/mol. The molecule has 2 aromatic carbocycles. The number of benzene rings is 2. The van der Waals surface area contributed by atoms with Gasteiger partial charge in [0.1, 0.15) is 0 Å². The Bertz CT molecular complexity index is 794. The van der Waals surface area contributed by atoms with Crippen molar-refractivity contribution in [3.63, 3.8) is 0 Å². The van der Waals surface area contributed by atoms with E-state index < -0.39 is 0 Å². The van der Waals surface area contributed by atoms with E-state index in [1.54, 1.807) is 0 Å². The fourth-order valence-electron chi connectivity index (χ4n) is 2.84. The third kappa shape index (κ3) is 3.08. The van der Waals surface area contributed by atoms with Gasteiger partial charge >= 0.3 is 0 Å². The molecule has 1 atom stereocenters. The van der Waals surface area contributed by atoms with E-state index in [0.29, 0.717) is 6.04 Å². The fraction of sp³-hybridized carbons (Fsp3) is 0.316. The molecule has 3 rings (SSSR count). The van der Waals surface area contributed by atoms with Crippen molar-refractivity contribution in [3.8, 4) is 5.69 Å². The van der Waals surface area contributed by atoms with Crippen LogP contribution in [-0.4, -0.2) is 38.2 Å². The maximum absolute atomic E-state index is 4.37. The minimum absolute atomic E-state index is 0.0131. The molecule has 0 bridgehead atoms. The second kappa shape index (κ2) is 6.93. The fourth-order valence-corrected chi connectivity index (χ4v) is 2.84. The van der Waals surface area contributed by atoms with Gasteiger partial charge in [-0.25, -0.2) is 0 Å². The van der Waals surface area contributed by atoms with E-state index in [9.17, 15) is 0 Å². The molecule has 0 saturated heterocycles. The summed E-state index contributed by atoms with van der Waals surface area (Å²) in [6.45, 7) is 6.43. The van der Waals surface area contributed by atoms with Gasteiger partial charge in [-0.05, 0) is 55.4 Å². The predicted molar refractivity (Wildman–Crippen MR) is 95.1 cm³/mol. The first kappa shape index (κ1) is 16.3. The van der Waals surface area contributed by atoms with Crippen molar-refractivity contribution in [1.82, 2.24) is 25.1 Å². The summed E-state index contributed by atoms with van der Waals surface area (Å²) in [5.41, 5.74) is 3.33. The quantitative estimate of drug-likeness (QED) is 0.722. The lowest BCUT2D eigenvalue weighted by Crippen LogP contribution is -2.33. The highest BCUT2D eigenvalue weighted by atomic mass is 15.6.